The molecule has 2 heterocycles. The molecule has 0 atom stereocenters. The van der Waals surface area contributed by atoms with Crippen molar-refractivity contribution >= 4 is 0 Å². The van der Waals surface area contributed by atoms with Gasteiger partial charge in [-0.05, 0) is 38.1 Å². The normalized spacial score (nSPS) is 34.6. The molecule has 1 N–H and O–H groups in total. The molecule has 88 valence electrons. The summed E-state index contributed by atoms with van der Waals surface area (Å²) in [5.74, 6) is 0.792. The van der Waals surface area contributed by atoms with Gasteiger partial charge < -0.3 is 10.2 Å². The second-order valence-electron chi connectivity index (χ2n) is 5.92. The van der Waals surface area contributed by atoms with Crippen LogP contribution in [0.5, 0.6) is 0 Å². The minimum atomic E-state index is 0.496. The van der Waals surface area contributed by atoms with Gasteiger partial charge in [0.2, 0.25) is 0 Å². The molecule has 15 heavy (non-hydrogen) atoms. The van der Waals surface area contributed by atoms with Gasteiger partial charge in [0.15, 0.2) is 0 Å². The number of rotatable bonds is 5. The van der Waals surface area contributed by atoms with Crippen molar-refractivity contribution in [1.82, 2.24) is 10.2 Å². The third kappa shape index (κ3) is 2.54. The Labute approximate surface area is 94.4 Å². The van der Waals surface area contributed by atoms with E-state index in [0.29, 0.717) is 5.54 Å². The minimum absolute atomic E-state index is 0.496. The molecule has 2 nitrogen and oxygen atoms in total. The van der Waals surface area contributed by atoms with Gasteiger partial charge in [0.1, 0.15) is 0 Å². The molecule has 2 bridgehead atoms. The Kier molecular flexibility index (Phi) is 3.36. The molecule has 0 spiro atoms. The maximum absolute atomic E-state index is 3.84. The number of nitrogens with one attached hydrogen (secondary N) is 1. The first-order valence-electron chi connectivity index (χ1n) is 6.63. The number of likely N-dealkylation sites (N-methyl/N-ethyl adjacent to an activating group) is 1. The zero-order valence-electron chi connectivity index (χ0n) is 10.6. The quantitative estimate of drug-likeness (QED) is 0.749. The number of hydrogen-bond acceptors (Lipinski definition) is 2. The summed E-state index contributed by atoms with van der Waals surface area (Å²) in [7, 11) is 0. The lowest BCUT2D eigenvalue weighted by molar-refractivity contribution is 0.186. The molecule has 0 aromatic rings. The summed E-state index contributed by atoms with van der Waals surface area (Å²) < 4.78 is 0. The van der Waals surface area contributed by atoms with Crippen LogP contribution >= 0.6 is 0 Å². The Morgan fingerprint density at radius 2 is 2.00 bits per heavy atom. The molecule has 0 aromatic heterocycles. The van der Waals surface area contributed by atoms with Crippen LogP contribution in [0.1, 0.15) is 46.5 Å². The van der Waals surface area contributed by atoms with E-state index in [0.717, 1.165) is 12.0 Å². The molecule has 2 aliphatic heterocycles. The molecule has 2 saturated heterocycles. The van der Waals surface area contributed by atoms with Gasteiger partial charge in [0, 0.05) is 24.7 Å². The Hall–Kier alpha value is -0.0800. The van der Waals surface area contributed by atoms with E-state index in [1.807, 2.05) is 0 Å². The first-order valence-corrected chi connectivity index (χ1v) is 6.63. The zero-order valence-corrected chi connectivity index (χ0v) is 10.6. The van der Waals surface area contributed by atoms with E-state index < -0.39 is 0 Å². The second-order valence-corrected chi connectivity index (χ2v) is 5.92. The van der Waals surface area contributed by atoms with Crippen molar-refractivity contribution in [3.8, 4) is 0 Å². The van der Waals surface area contributed by atoms with Crippen LogP contribution in [0.15, 0.2) is 0 Å². The summed E-state index contributed by atoms with van der Waals surface area (Å²) in [4.78, 5) is 2.63. The van der Waals surface area contributed by atoms with Crippen LogP contribution in [-0.4, -0.2) is 36.1 Å². The number of hydrogen-bond donors (Lipinski definition) is 1. The van der Waals surface area contributed by atoms with Gasteiger partial charge in [-0.2, -0.15) is 0 Å². The largest absolute Gasteiger partial charge is 0.307 e. The molecule has 0 radical (unpaired) electrons. The fourth-order valence-electron chi connectivity index (χ4n) is 3.35. The van der Waals surface area contributed by atoms with Crippen molar-refractivity contribution in [1.29, 1.82) is 0 Å². The van der Waals surface area contributed by atoms with Crippen LogP contribution < -0.4 is 5.32 Å². The van der Waals surface area contributed by atoms with E-state index in [2.05, 4.69) is 31.0 Å². The van der Waals surface area contributed by atoms with Gasteiger partial charge in [-0.15, -0.1) is 0 Å². The summed E-state index contributed by atoms with van der Waals surface area (Å²) in [6.45, 7) is 10.7. The van der Waals surface area contributed by atoms with Crippen LogP contribution in [0.2, 0.25) is 0 Å². The highest BCUT2D eigenvalue weighted by molar-refractivity contribution is 5.05. The van der Waals surface area contributed by atoms with E-state index in [9.17, 15) is 0 Å². The van der Waals surface area contributed by atoms with Crippen molar-refractivity contribution in [3.63, 3.8) is 0 Å². The van der Waals surface area contributed by atoms with Gasteiger partial charge in [-0.25, -0.2) is 0 Å². The summed E-state index contributed by atoms with van der Waals surface area (Å²) in [6, 6.07) is 0.850. The topological polar surface area (TPSA) is 15.3 Å². The lowest BCUT2D eigenvalue weighted by Crippen LogP contribution is -2.48. The SMILES string of the molecule is CCN(CC(C)C)CC12CCC(CC1)N2. The Bertz CT molecular complexity index is 205. The lowest BCUT2D eigenvalue weighted by Gasteiger charge is -2.34. The maximum atomic E-state index is 3.84. The van der Waals surface area contributed by atoms with Crippen LogP contribution in [0.4, 0.5) is 0 Å². The fraction of sp³-hybridized carbons (Fsp3) is 1.00. The van der Waals surface area contributed by atoms with Gasteiger partial charge in [-0.3, -0.25) is 0 Å². The highest BCUT2D eigenvalue weighted by Gasteiger charge is 2.44. The molecule has 2 heteroatoms. The standard InChI is InChI=1S/C13H26N2/c1-4-15(9-11(2)3)10-13-7-5-12(14-13)6-8-13/h11-12,14H,4-10H2,1-3H3. The van der Waals surface area contributed by atoms with E-state index in [4.69, 9.17) is 0 Å². The fourth-order valence-corrected chi connectivity index (χ4v) is 3.35. The molecule has 0 unspecified atom stereocenters. The van der Waals surface area contributed by atoms with Gasteiger partial charge in [0.05, 0.1) is 0 Å². The molecule has 0 aliphatic carbocycles. The van der Waals surface area contributed by atoms with Crippen LogP contribution in [0, 0.1) is 5.92 Å². The van der Waals surface area contributed by atoms with Crippen molar-refractivity contribution < 1.29 is 0 Å². The zero-order chi connectivity index (χ0) is 10.9. The summed E-state index contributed by atoms with van der Waals surface area (Å²) in [5.41, 5.74) is 0.496. The second kappa shape index (κ2) is 4.42. The maximum Gasteiger partial charge on any atom is 0.0312 e. The average Bonchev–Trinajstić information content (AvgIpc) is 2.75. The molecule has 2 rings (SSSR count). The molecule has 2 fully saturated rings. The summed E-state index contributed by atoms with van der Waals surface area (Å²) in [5, 5.41) is 3.84. The molecule has 0 saturated carbocycles. The van der Waals surface area contributed by atoms with E-state index in [1.165, 1.54) is 45.3 Å². The van der Waals surface area contributed by atoms with Gasteiger partial charge in [0.25, 0.3) is 0 Å². The van der Waals surface area contributed by atoms with Crippen LogP contribution in [-0.2, 0) is 0 Å². The van der Waals surface area contributed by atoms with E-state index in [-0.39, 0.29) is 0 Å². The third-order valence-electron chi connectivity index (χ3n) is 4.05. The Morgan fingerprint density at radius 3 is 2.40 bits per heavy atom. The van der Waals surface area contributed by atoms with Gasteiger partial charge in [-0.1, -0.05) is 20.8 Å². The smallest absolute Gasteiger partial charge is 0.0312 e. The average molecular weight is 210 g/mol. The molecular weight excluding hydrogens is 184 g/mol. The molecule has 0 amide bonds. The number of fused-ring (bicyclic) bond motifs is 2. The lowest BCUT2D eigenvalue weighted by atomic mass is 9.87. The number of nitrogens with zero attached hydrogens (tertiary/aromatic N) is 1. The third-order valence-corrected chi connectivity index (χ3v) is 4.05. The monoisotopic (exact) mass is 210 g/mol. The predicted molar refractivity (Wildman–Crippen MR) is 65.1 cm³/mol. The first kappa shape index (κ1) is 11.4. The van der Waals surface area contributed by atoms with Crippen molar-refractivity contribution in [2.45, 2.75) is 58.0 Å². The summed E-state index contributed by atoms with van der Waals surface area (Å²) >= 11 is 0. The van der Waals surface area contributed by atoms with E-state index >= 15 is 0 Å². The van der Waals surface area contributed by atoms with Gasteiger partial charge >= 0.3 is 0 Å². The van der Waals surface area contributed by atoms with Crippen molar-refractivity contribution in [3.05, 3.63) is 0 Å². The summed E-state index contributed by atoms with van der Waals surface area (Å²) in [6.07, 6.45) is 5.65. The molecule has 2 aliphatic rings. The van der Waals surface area contributed by atoms with Crippen LogP contribution in [0.3, 0.4) is 0 Å². The minimum Gasteiger partial charge on any atom is -0.307 e. The van der Waals surface area contributed by atoms with E-state index in [1.54, 1.807) is 0 Å². The Balaban J connectivity index is 1.88. The van der Waals surface area contributed by atoms with Crippen molar-refractivity contribution in [2.75, 3.05) is 19.6 Å². The molecular formula is C13H26N2. The highest BCUT2D eigenvalue weighted by Crippen LogP contribution is 2.37. The highest BCUT2D eigenvalue weighted by atomic mass is 15.2. The first-order chi connectivity index (χ1) is 7.13. The van der Waals surface area contributed by atoms with Crippen LogP contribution in [0.25, 0.3) is 0 Å². The molecule has 0 aromatic carbocycles. The van der Waals surface area contributed by atoms with Crippen molar-refractivity contribution in [2.24, 2.45) is 5.92 Å². The Morgan fingerprint density at radius 1 is 1.33 bits per heavy atom. The predicted octanol–water partition coefficient (Wildman–Crippen LogP) is 2.25.